The Balaban J connectivity index is 2.57. The topological polar surface area (TPSA) is 99.7 Å². The van der Waals surface area contributed by atoms with E-state index in [1.165, 1.54) is 18.2 Å². The fraction of sp³-hybridized carbons (Fsp3) is 0.333. The number of anilines is 1. The maximum Gasteiger partial charge on any atom is 0.319 e. The monoisotopic (exact) mass is 268 g/mol. The lowest BCUT2D eigenvalue weighted by molar-refractivity contribution is 0.248. The Morgan fingerprint density at radius 2 is 2.21 bits per heavy atom. The van der Waals surface area contributed by atoms with Gasteiger partial charge in [-0.05, 0) is 18.6 Å². The van der Waals surface area contributed by atoms with E-state index >= 15 is 0 Å². The van der Waals surface area contributed by atoms with Gasteiger partial charge >= 0.3 is 6.03 Å². The number of nitrogens with one attached hydrogen (secondary N) is 2. The zero-order valence-corrected chi connectivity index (χ0v) is 10.6. The lowest BCUT2D eigenvalue weighted by Crippen LogP contribution is -2.40. The van der Waals surface area contributed by atoms with Gasteiger partial charge in [0, 0.05) is 12.5 Å². The third kappa shape index (κ3) is 4.82. The molecule has 0 aliphatic carbocycles. The Morgan fingerprint density at radius 3 is 2.79 bits per heavy atom. The number of urea groups is 1. The van der Waals surface area contributed by atoms with Crippen molar-refractivity contribution >= 4 is 17.6 Å². The Bertz CT molecular complexity index is 465. The van der Waals surface area contributed by atoms with Gasteiger partial charge in [0.25, 0.3) is 0 Å². The average Bonchev–Trinajstić information content (AvgIpc) is 2.40. The highest BCUT2D eigenvalue weighted by Gasteiger charge is 2.13. The number of para-hydroxylation sites is 1. The lowest BCUT2D eigenvalue weighted by atomic mass is 10.1. The van der Waals surface area contributed by atoms with Crippen LogP contribution in [0.15, 0.2) is 29.4 Å². The van der Waals surface area contributed by atoms with Crippen molar-refractivity contribution < 1.29 is 14.4 Å². The maximum absolute atomic E-state index is 13.3. The SMILES string of the molecule is CCC(CC(N)=NO)NC(=O)Nc1ccccc1F. The zero-order valence-electron chi connectivity index (χ0n) is 10.6. The largest absolute Gasteiger partial charge is 0.409 e. The second-order valence-corrected chi connectivity index (χ2v) is 3.98. The maximum atomic E-state index is 13.3. The zero-order chi connectivity index (χ0) is 14.3. The first-order chi connectivity index (χ1) is 9.06. The van der Waals surface area contributed by atoms with E-state index in [1.807, 2.05) is 6.92 Å². The Morgan fingerprint density at radius 1 is 1.53 bits per heavy atom. The Labute approximate surface area is 110 Å². The van der Waals surface area contributed by atoms with Gasteiger partial charge < -0.3 is 21.6 Å². The summed E-state index contributed by atoms with van der Waals surface area (Å²) in [6, 6.07) is 5.03. The molecule has 1 aromatic carbocycles. The molecule has 0 bridgehead atoms. The number of carbonyl (C=O) groups is 1. The van der Waals surface area contributed by atoms with Crippen molar-refractivity contribution in [3.05, 3.63) is 30.1 Å². The van der Waals surface area contributed by atoms with Crippen LogP contribution in [0.2, 0.25) is 0 Å². The minimum atomic E-state index is -0.539. The van der Waals surface area contributed by atoms with Crippen molar-refractivity contribution in [2.45, 2.75) is 25.8 Å². The molecule has 1 atom stereocenters. The van der Waals surface area contributed by atoms with Gasteiger partial charge in [-0.15, -0.1) is 0 Å². The molecule has 7 heteroatoms. The molecule has 6 nitrogen and oxygen atoms in total. The molecule has 0 aliphatic rings. The van der Waals surface area contributed by atoms with Crippen LogP contribution in [0.25, 0.3) is 0 Å². The minimum absolute atomic E-state index is 0.0260. The molecule has 5 N–H and O–H groups in total. The van der Waals surface area contributed by atoms with E-state index in [0.29, 0.717) is 6.42 Å². The molecule has 104 valence electrons. The summed E-state index contributed by atoms with van der Waals surface area (Å²) < 4.78 is 13.3. The van der Waals surface area contributed by atoms with E-state index < -0.39 is 11.8 Å². The van der Waals surface area contributed by atoms with Crippen LogP contribution in [0.3, 0.4) is 0 Å². The predicted octanol–water partition coefficient (Wildman–Crippen LogP) is 1.86. The van der Waals surface area contributed by atoms with Crippen molar-refractivity contribution in [1.82, 2.24) is 5.32 Å². The number of carbonyl (C=O) groups excluding carboxylic acids is 1. The van der Waals surface area contributed by atoms with E-state index in [4.69, 9.17) is 10.9 Å². The van der Waals surface area contributed by atoms with E-state index in [1.54, 1.807) is 6.07 Å². The van der Waals surface area contributed by atoms with E-state index in [2.05, 4.69) is 15.8 Å². The third-order valence-corrected chi connectivity index (χ3v) is 2.53. The molecular formula is C12H17FN4O2. The van der Waals surface area contributed by atoms with Crippen molar-refractivity contribution in [3.63, 3.8) is 0 Å². The molecule has 0 fully saturated rings. The van der Waals surface area contributed by atoms with Gasteiger partial charge in [0.2, 0.25) is 0 Å². The van der Waals surface area contributed by atoms with E-state index in [-0.39, 0.29) is 24.0 Å². The molecule has 0 aromatic heterocycles. The minimum Gasteiger partial charge on any atom is -0.409 e. The number of hydrogen-bond acceptors (Lipinski definition) is 3. The molecule has 0 radical (unpaired) electrons. The molecule has 0 saturated carbocycles. The number of nitrogens with zero attached hydrogens (tertiary/aromatic N) is 1. The van der Waals surface area contributed by atoms with Gasteiger partial charge in [0.15, 0.2) is 0 Å². The summed E-state index contributed by atoms with van der Waals surface area (Å²) in [7, 11) is 0. The molecule has 0 spiro atoms. The quantitative estimate of drug-likeness (QED) is 0.284. The Hall–Kier alpha value is -2.31. The lowest BCUT2D eigenvalue weighted by Gasteiger charge is -2.16. The van der Waals surface area contributed by atoms with Crippen LogP contribution in [0, 0.1) is 5.82 Å². The van der Waals surface area contributed by atoms with Gasteiger partial charge in [-0.2, -0.15) is 0 Å². The number of benzene rings is 1. The molecule has 0 saturated heterocycles. The van der Waals surface area contributed by atoms with Gasteiger partial charge in [-0.3, -0.25) is 0 Å². The summed E-state index contributed by atoms with van der Waals surface area (Å²) in [5, 5.41) is 16.3. The molecule has 0 heterocycles. The molecule has 2 amide bonds. The smallest absolute Gasteiger partial charge is 0.319 e. The van der Waals surface area contributed by atoms with Crippen LogP contribution < -0.4 is 16.4 Å². The highest BCUT2D eigenvalue weighted by Crippen LogP contribution is 2.12. The van der Waals surface area contributed by atoms with Crippen molar-refractivity contribution in [2.24, 2.45) is 10.9 Å². The number of hydrogen-bond donors (Lipinski definition) is 4. The summed E-state index contributed by atoms with van der Waals surface area (Å²) in [5.41, 5.74) is 5.47. The van der Waals surface area contributed by atoms with E-state index in [0.717, 1.165) is 0 Å². The van der Waals surface area contributed by atoms with Crippen molar-refractivity contribution in [2.75, 3.05) is 5.32 Å². The number of amidine groups is 1. The molecular weight excluding hydrogens is 251 g/mol. The highest BCUT2D eigenvalue weighted by molar-refractivity contribution is 5.90. The van der Waals surface area contributed by atoms with E-state index in [9.17, 15) is 9.18 Å². The van der Waals surface area contributed by atoms with Crippen LogP contribution in [-0.2, 0) is 0 Å². The second-order valence-electron chi connectivity index (χ2n) is 3.98. The number of halogens is 1. The Kier molecular flexibility index (Phi) is 5.59. The number of nitrogens with two attached hydrogens (primary N) is 1. The summed E-state index contributed by atoms with van der Waals surface area (Å²) in [6.45, 7) is 1.85. The predicted molar refractivity (Wildman–Crippen MR) is 70.7 cm³/mol. The number of oxime groups is 1. The molecule has 1 unspecified atom stereocenters. The van der Waals surface area contributed by atoms with Crippen LogP contribution in [0.4, 0.5) is 14.9 Å². The normalized spacial score (nSPS) is 12.8. The number of amides is 2. The fourth-order valence-corrected chi connectivity index (χ4v) is 1.50. The summed E-state index contributed by atoms with van der Waals surface area (Å²) >= 11 is 0. The van der Waals surface area contributed by atoms with Crippen LogP contribution in [0.1, 0.15) is 19.8 Å². The van der Waals surface area contributed by atoms with Crippen LogP contribution >= 0.6 is 0 Å². The molecule has 19 heavy (non-hydrogen) atoms. The summed E-state index contributed by atoms with van der Waals surface area (Å²) in [6.07, 6.45) is 0.818. The fourth-order valence-electron chi connectivity index (χ4n) is 1.50. The van der Waals surface area contributed by atoms with Crippen molar-refractivity contribution in [3.8, 4) is 0 Å². The van der Waals surface area contributed by atoms with Gasteiger partial charge in [-0.1, -0.05) is 24.2 Å². The molecule has 1 aromatic rings. The van der Waals surface area contributed by atoms with Gasteiger partial charge in [0.1, 0.15) is 11.7 Å². The first-order valence-corrected chi connectivity index (χ1v) is 5.85. The summed E-state index contributed by atoms with van der Waals surface area (Å²) in [5.74, 6) is -0.486. The first kappa shape index (κ1) is 14.7. The third-order valence-electron chi connectivity index (χ3n) is 2.53. The molecule has 0 aliphatic heterocycles. The van der Waals surface area contributed by atoms with Crippen LogP contribution in [-0.4, -0.2) is 23.1 Å². The van der Waals surface area contributed by atoms with Gasteiger partial charge in [-0.25, -0.2) is 9.18 Å². The standard InChI is InChI=1S/C12H17FN4O2/c1-2-8(7-11(14)17-19)15-12(18)16-10-6-4-3-5-9(10)13/h3-6,8,19H,2,7H2,1H3,(H2,14,17)(H2,15,16,18). The number of rotatable bonds is 5. The van der Waals surface area contributed by atoms with Crippen molar-refractivity contribution in [1.29, 1.82) is 0 Å². The second kappa shape index (κ2) is 7.20. The summed E-state index contributed by atoms with van der Waals surface area (Å²) in [4.78, 5) is 11.7. The van der Waals surface area contributed by atoms with Crippen LogP contribution in [0.5, 0.6) is 0 Å². The average molecular weight is 268 g/mol. The first-order valence-electron chi connectivity index (χ1n) is 5.85. The molecule has 1 rings (SSSR count). The highest BCUT2D eigenvalue weighted by atomic mass is 19.1. The van der Waals surface area contributed by atoms with Gasteiger partial charge in [0.05, 0.1) is 5.69 Å².